The summed E-state index contributed by atoms with van der Waals surface area (Å²) >= 11 is 0. The van der Waals surface area contributed by atoms with Crippen molar-refractivity contribution in [2.75, 3.05) is 13.1 Å². The molecule has 6 heteroatoms. The van der Waals surface area contributed by atoms with Gasteiger partial charge >= 0.3 is 0 Å². The number of rotatable bonds is 6. The Morgan fingerprint density at radius 1 is 1.44 bits per heavy atom. The van der Waals surface area contributed by atoms with E-state index in [0.29, 0.717) is 0 Å². The van der Waals surface area contributed by atoms with E-state index in [4.69, 9.17) is 9.40 Å². The highest BCUT2D eigenvalue weighted by molar-refractivity contribution is 5.93. The normalized spacial score (nSPS) is 16.6. The molecule has 25 heavy (non-hydrogen) atoms. The molecule has 0 bridgehead atoms. The largest absolute Gasteiger partial charge is 0.442 e. The third kappa shape index (κ3) is 3.64. The minimum absolute atomic E-state index is 0.00130. The lowest BCUT2D eigenvalue weighted by Gasteiger charge is -2.30. The highest BCUT2D eigenvalue weighted by atomic mass is 16.3. The predicted molar refractivity (Wildman–Crippen MR) is 96.8 cm³/mol. The van der Waals surface area contributed by atoms with Crippen molar-refractivity contribution in [2.45, 2.75) is 26.3 Å². The molecule has 6 nitrogen and oxygen atoms in total. The number of Topliss-reactive ketones (excluding diaryl/α,β-unsaturated/α-hetero) is 1. The number of ketones is 1. The quantitative estimate of drug-likeness (QED) is 0.756. The Bertz CT molecular complexity index is 766. The molecule has 1 aliphatic rings. The monoisotopic (exact) mass is 340 g/mol. The Hall–Kier alpha value is -2.47. The topological polar surface area (TPSA) is 64.2 Å². The number of aromatic nitrogens is 3. The third-order valence-electron chi connectivity index (χ3n) is 4.74. The van der Waals surface area contributed by atoms with Crippen molar-refractivity contribution in [3.8, 4) is 0 Å². The standard InChI is InChI=1S/C19H24N4O2/c1-4-6-16-15(5-2)21-17(22(16)3)13-23-10-7-14(8-11-23)18(24)19-20-9-12-25-19/h4-6,9,12,14H,2,7-8,10-11,13H2,1,3H3/b6-4-. The summed E-state index contributed by atoms with van der Waals surface area (Å²) in [4.78, 5) is 23.3. The molecule has 2 aromatic heterocycles. The molecule has 0 aliphatic carbocycles. The Morgan fingerprint density at radius 2 is 2.20 bits per heavy atom. The lowest BCUT2D eigenvalue weighted by molar-refractivity contribution is 0.0796. The number of hydrogen-bond acceptors (Lipinski definition) is 5. The van der Waals surface area contributed by atoms with E-state index in [2.05, 4.69) is 27.1 Å². The van der Waals surface area contributed by atoms with Crippen LogP contribution in [-0.2, 0) is 13.6 Å². The average molecular weight is 340 g/mol. The van der Waals surface area contributed by atoms with Gasteiger partial charge in [-0.25, -0.2) is 9.97 Å². The summed E-state index contributed by atoms with van der Waals surface area (Å²) in [6, 6.07) is 0. The Labute approximate surface area is 147 Å². The van der Waals surface area contributed by atoms with Crippen LogP contribution in [0.15, 0.2) is 29.5 Å². The van der Waals surface area contributed by atoms with Gasteiger partial charge in [-0.1, -0.05) is 12.7 Å². The summed E-state index contributed by atoms with van der Waals surface area (Å²) in [5.74, 6) is 1.26. The lowest BCUT2D eigenvalue weighted by Crippen LogP contribution is -2.36. The Morgan fingerprint density at radius 3 is 2.80 bits per heavy atom. The second-order valence-electron chi connectivity index (χ2n) is 6.31. The zero-order valence-electron chi connectivity index (χ0n) is 14.8. The van der Waals surface area contributed by atoms with Gasteiger partial charge in [0.2, 0.25) is 5.78 Å². The summed E-state index contributed by atoms with van der Waals surface area (Å²) in [5.41, 5.74) is 1.98. The number of likely N-dealkylation sites (tertiary alicyclic amines) is 1. The van der Waals surface area contributed by atoms with E-state index in [9.17, 15) is 4.79 Å². The van der Waals surface area contributed by atoms with Crippen molar-refractivity contribution in [1.29, 1.82) is 0 Å². The molecule has 0 radical (unpaired) electrons. The Balaban J connectivity index is 1.63. The summed E-state index contributed by atoms with van der Waals surface area (Å²) < 4.78 is 7.25. The van der Waals surface area contributed by atoms with Gasteiger partial charge in [0.25, 0.3) is 5.89 Å². The van der Waals surface area contributed by atoms with Crippen LogP contribution in [0.1, 0.15) is 47.7 Å². The molecule has 0 unspecified atom stereocenters. The van der Waals surface area contributed by atoms with E-state index >= 15 is 0 Å². The third-order valence-corrected chi connectivity index (χ3v) is 4.74. The van der Waals surface area contributed by atoms with E-state index in [-0.39, 0.29) is 17.6 Å². The number of piperidine rings is 1. The first kappa shape index (κ1) is 17.4. The van der Waals surface area contributed by atoms with Crippen molar-refractivity contribution in [3.05, 3.63) is 48.2 Å². The molecule has 3 heterocycles. The van der Waals surface area contributed by atoms with Gasteiger partial charge in [0.1, 0.15) is 12.1 Å². The van der Waals surface area contributed by atoms with Crippen LogP contribution in [0.5, 0.6) is 0 Å². The van der Waals surface area contributed by atoms with Crippen molar-refractivity contribution in [2.24, 2.45) is 13.0 Å². The maximum Gasteiger partial charge on any atom is 0.263 e. The predicted octanol–water partition coefficient (Wildman–Crippen LogP) is 3.18. The maximum absolute atomic E-state index is 12.3. The van der Waals surface area contributed by atoms with Crippen LogP contribution in [-0.4, -0.2) is 38.3 Å². The van der Waals surface area contributed by atoms with Crippen molar-refractivity contribution in [3.63, 3.8) is 0 Å². The zero-order chi connectivity index (χ0) is 17.8. The zero-order valence-corrected chi connectivity index (χ0v) is 14.8. The lowest BCUT2D eigenvalue weighted by atomic mass is 9.92. The number of hydrogen-bond donors (Lipinski definition) is 0. The van der Waals surface area contributed by atoms with E-state index in [1.165, 1.54) is 12.5 Å². The molecule has 0 spiro atoms. The van der Waals surface area contributed by atoms with Gasteiger partial charge in [-0.2, -0.15) is 0 Å². The van der Waals surface area contributed by atoms with E-state index in [1.807, 2.05) is 20.0 Å². The molecule has 0 N–H and O–H groups in total. The number of carbonyl (C=O) groups excluding carboxylic acids is 1. The molecule has 2 aromatic rings. The minimum atomic E-state index is -0.00130. The fourth-order valence-corrected chi connectivity index (χ4v) is 3.30. The van der Waals surface area contributed by atoms with Gasteiger partial charge in [0.15, 0.2) is 0 Å². The molecule has 0 aromatic carbocycles. The number of allylic oxidation sites excluding steroid dienone is 1. The maximum atomic E-state index is 12.3. The number of oxazole rings is 1. The molecule has 3 rings (SSSR count). The summed E-state index contributed by atoms with van der Waals surface area (Å²) in [5, 5.41) is 0. The van der Waals surface area contributed by atoms with Crippen LogP contribution in [0.3, 0.4) is 0 Å². The van der Waals surface area contributed by atoms with Gasteiger partial charge in [-0.05, 0) is 45.0 Å². The fraction of sp³-hybridized carbons (Fsp3) is 0.421. The van der Waals surface area contributed by atoms with Crippen LogP contribution < -0.4 is 0 Å². The smallest absolute Gasteiger partial charge is 0.263 e. The Kier molecular flexibility index (Phi) is 5.28. The molecule has 1 aliphatic heterocycles. The van der Waals surface area contributed by atoms with Gasteiger partial charge < -0.3 is 8.98 Å². The van der Waals surface area contributed by atoms with Crippen LogP contribution >= 0.6 is 0 Å². The van der Waals surface area contributed by atoms with E-state index in [1.54, 1.807) is 6.08 Å². The first-order valence-electron chi connectivity index (χ1n) is 8.60. The van der Waals surface area contributed by atoms with Crippen molar-refractivity contribution < 1.29 is 9.21 Å². The van der Waals surface area contributed by atoms with Crippen LogP contribution in [0.25, 0.3) is 12.2 Å². The first-order chi connectivity index (χ1) is 12.1. The summed E-state index contributed by atoms with van der Waals surface area (Å²) in [6.07, 6.45) is 10.5. The highest BCUT2D eigenvalue weighted by Crippen LogP contribution is 2.23. The molecule has 132 valence electrons. The second-order valence-corrected chi connectivity index (χ2v) is 6.31. The minimum Gasteiger partial charge on any atom is -0.442 e. The van der Waals surface area contributed by atoms with E-state index in [0.717, 1.165) is 49.7 Å². The first-order valence-corrected chi connectivity index (χ1v) is 8.60. The van der Waals surface area contributed by atoms with Crippen molar-refractivity contribution in [1.82, 2.24) is 19.4 Å². The van der Waals surface area contributed by atoms with Crippen LogP contribution in [0.2, 0.25) is 0 Å². The molecular formula is C19H24N4O2. The van der Waals surface area contributed by atoms with Crippen LogP contribution in [0.4, 0.5) is 0 Å². The summed E-state index contributed by atoms with van der Waals surface area (Å²) in [6.45, 7) is 8.36. The number of nitrogens with zero attached hydrogens (tertiary/aromatic N) is 4. The highest BCUT2D eigenvalue weighted by Gasteiger charge is 2.28. The second kappa shape index (κ2) is 7.61. The molecule has 0 atom stereocenters. The number of imidazole rings is 1. The SMILES string of the molecule is C=Cc1nc(CN2CCC(C(=O)c3ncco3)CC2)n(C)c1/C=C\C. The van der Waals surface area contributed by atoms with Gasteiger partial charge in [-0.3, -0.25) is 9.69 Å². The molecule has 0 saturated carbocycles. The molecule has 0 amide bonds. The summed E-state index contributed by atoms with van der Waals surface area (Å²) in [7, 11) is 2.03. The van der Waals surface area contributed by atoms with Gasteiger partial charge in [0.05, 0.1) is 24.1 Å². The molecule has 1 fully saturated rings. The number of carbonyl (C=O) groups is 1. The van der Waals surface area contributed by atoms with Crippen LogP contribution in [0, 0.1) is 5.92 Å². The molecular weight excluding hydrogens is 316 g/mol. The fourth-order valence-electron chi connectivity index (χ4n) is 3.30. The average Bonchev–Trinajstić information content (AvgIpc) is 3.26. The van der Waals surface area contributed by atoms with Gasteiger partial charge in [-0.15, -0.1) is 0 Å². The molecule has 1 saturated heterocycles. The van der Waals surface area contributed by atoms with E-state index < -0.39 is 0 Å². The van der Waals surface area contributed by atoms with Crippen molar-refractivity contribution >= 4 is 17.9 Å². The van der Waals surface area contributed by atoms with Gasteiger partial charge in [0, 0.05) is 13.0 Å².